The maximum absolute atomic E-state index is 12.5. The largest absolute Gasteiger partial charge is 0.455 e. The lowest BCUT2D eigenvalue weighted by Crippen LogP contribution is -2.40. The number of piperidine rings is 1. The van der Waals surface area contributed by atoms with E-state index in [4.69, 9.17) is 4.74 Å². The van der Waals surface area contributed by atoms with Crippen molar-refractivity contribution < 1.29 is 9.53 Å². The highest BCUT2D eigenvalue weighted by Crippen LogP contribution is 2.30. The average Bonchev–Trinajstić information content (AvgIpc) is 2.57. The lowest BCUT2D eigenvalue weighted by Gasteiger charge is -2.27. The van der Waals surface area contributed by atoms with Crippen molar-refractivity contribution in [2.75, 3.05) is 11.9 Å². The first-order valence-corrected chi connectivity index (χ1v) is 8.08. The standard InChI is InChI=1S/C19H22N2O2/c1-14-13-15(11-12-20-14)19(22)21-17-9-5-6-10-18(17)23-16-7-3-2-4-8-16/h2-10,14-15,20H,11-13H2,1H3,(H,21,22)/t14-,15-/m0/s1. The molecule has 1 heterocycles. The molecule has 2 N–H and O–H groups in total. The van der Waals surface area contributed by atoms with Crippen molar-refractivity contribution in [1.29, 1.82) is 0 Å². The van der Waals surface area contributed by atoms with Gasteiger partial charge in [0.15, 0.2) is 5.75 Å². The van der Waals surface area contributed by atoms with E-state index < -0.39 is 0 Å². The second kappa shape index (κ2) is 7.29. The number of para-hydroxylation sites is 3. The van der Waals surface area contributed by atoms with E-state index in [1.54, 1.807) is 0 Å². The van der Waals surface area contributed by atoms with E-state index in [1.165, 1.54) is 0 Å². The summed E-state index contributed by atoms with van der Waals surface area (Å²) in [6.45, 7) is 3.01. The van der Waals surface area contributed by atoms with E-state index in [-0.39, 0.29) is 11.8 Å². The average molecular weight is 310 g/mol. The topological polar surface area (TPSA) is 50.4 Å². The molecule has 3 rings (SSSR count). The van der Waals surface area contributed by atoms with Crippen molar-refractivity contribution in [3.63, 3.8) is 0 Å². The van der Waals surface area contributed by atoms with Gasteiger partial charge in [-0.2, -0.15) is 0 Å². The van der Waals surface area contributed by atoms with Crippen LogP contribution < -0.4 is 15.4 Å². The number of hydrogen-bond acceptors (Lipinski definition) is 3. The van der Waals surface area contributed by atoms with Gasteiger partial charge in [-0.25, -0.2) is 0 Å². The van der Waals surface area contributed by atoms with Crippen molar-refractivity contribution in [2.45, 2.75) is 25.8 Å². The molecule has 0 bridgehead atoms. The Morgan fingerprint density at radius 1 is 1.13 bits per heavy atom. The fourth-order valence-corrected chi connectivity index (χ4v) is 2.88. The molecule has 0 aromatic heterocycles. The fraction of sp³-hybridized carbons (Fsp3) is 0.316. The molecular weight excluding hydrogens is 288 g/mol. The van der Waals surface area contributed by atoms with Crippen LogP contribution >= 0.6 is 0 Å². The van der Waals surface area contributed by atoms with Gasteiger partial charge in [-0.3, -0.25) is 4.79 Å². The van der Waals surface area contributed by atoms with Gasteiger partial charge in [-0.15, -0.1) is 0 Å². The van der Waals surface area contributed by atoms with E-state index >= 15 is 0 Å². The summed E-state index contributed by atoms with van der Waals surface area (Å²) in [5.74, 6) is 1.54. The van der Waals surface area contributed by atoms with Crippen LogP contribution in [-0.2, 0) is 4.79 Å². The molecule has 2 atom stereocenters. The number of carbonyl (C=O) groups is 1. The molecule has 2 aromatic rings. The molecule has 120 valence electrons. The molecule has 0 spiro atoms. The second-order valence-electron chi connectivity index (χ2n) is 5.98. The van der Waals surface area contributed by atoms with Crippen LogP contribution in [0.2, 0.25) is 0 Å². The van der Waals surface area contributed by atoms with Crippen LogP contribution in [0.15, 0.2) is 54.6 Å². The lowest BCUT2D eigenvalue weighted by atomic mass is 9.92. The summed E-state index contributed by atoms with van der Waals surface area (Å²) in [4.78, 5) is 12.5. The minimum atomic E-state index is 0.0519. The monoisotopic (exact) mass is 310 g/mol. The predicted molar refractivity (Wildman–Crippen MR) is 91.8 cm³/mol. The van der Waals surface area contributed by atoms with E-state index in [0.29, 0.717) is 17.5 Å². The van der Waals surface area contributed by atoms with Gasteiger partial charge in [-0.1, -0.05) is 30.3 Å². The fourth-order valence-electron chi connectivity index (χ4n) is 2.88. The maximum Gasteiger partial charge on any atom is 0.227 e. The second-order valence-corrected chi connectivity index (χ2v) is 5.98. The van der Waals surface area contributed by atoms with Crippen molar-refractivity contribution in [2.24, 2.45) is 5.92 Å². The third-order valence-corrected chi connectivity index (χ3v) is 4.11. The van der Waals surface area contributed by atoms with Gasteiger partial charge in [0.1, 0.15) is 5.75 Å². The maximum atomic E-state index is 12.5. The molecule has 2 aromatic carbocycles. The number of hydrogen-bond donors (Lipinski definition) is 2. The number of rotatable bonds is 4. The third kappa shape index (κ3) is 4.11. The van der Waals surface area contributed by atoms with Crippen LogP contribution in [0.1, 0.15) is 19.8 Å². The first-order valence-electron chi connectivity index (χ1n) is 8.08. The highest BCUT2D eigenvalue weighted by molar-refractivity contribution is 5.94. The Kier molecular flexibility index (Phi) is 4.93. The number of nitrogens with one attached hydrogen (secondary N) is 2. The van der Waals surface area contributed by atoms with Gasteiger partial charge in [-0.05, 0) is 50.6 Å². The molecule has 1 aliphatic rings. The minimum absolute atomic E-state index is 0.0519. The third-order valence-electron chi connectivity index (χ3n) is 4.11. The molecule has 1 amide bonds. The normalized spacial score (nSPS) is 20.7. The van der Waals surface area contributed by atoms with Gasteiger partial charge in [0.05, 0.1) is 5.69 Å². The Labute approximate surface area is 136 Å². The van der Waals surface area contributed by atoms with Crippen LogP contribution in [0.5, 0.6) is 11.5 Å². The van der Waals surface area contributed by atoms with Crippen molar-refractivity contribution in [1.82, 2.24) is 5.32 Å². The Morgan fingerprint density at radius 3 is 2.65 bits per heavy atom. The Morgan fingerprint density at radius 2 is 1.87 bits per heavy atom. The highest BCUT2D eigenvalue weighted by atomic mass is 16.5. The molecule has 0 saturated carbocycles. The van der Waals surface area contributed by atoms with Gasteiger partial charge in [0.25, 0.3) is 0 Å². The summed E-state index contributed by atoms with van der Waals surface area (Å²) < 4.78 is 5.89. The molecule has 23 heavy (non-hydrogen) atoms. The van der Waals surface area contributed by atoms with Crippen molar-refractivity contribution in [3.05, 3.63) is 54.6 Å². The lowest BCUT2D eigenvalue weighted by molar-refractivity contribution is -0.120. The van der Waals surface area contributed by atoms with Crippen LogP contribution in [0.25, 0.3) is 0 Å². The summed E-state index contributed by atoms with van der Waals surface area (Å²) >= 11 is 0. The van der Waals surface area contributed by atoms with Crippen LogP contribution in [-0.4, -0.2) is 18.5 Å². The van der Waals surface area contributed by atoms with Gasteiger partial charge < -0.3 is 15.4 Å². The van der Waals surface area contributed by atoms with Gasteiger partial charge >= 0.3 is 0 Å². The zero-order valence-corrected chi connectivity index (χ0v) is 13.3. The Balaban J connectivity index is 1.71. The molecule has 1 fully saturated rings. The number of anilines is 1. The van der Waals surface area contributed by atoms with E-state index in [2.05, 4.69) is 17.6 Å². The summed E-state index contributed by atoms with van der Waals surface area (Å²) in [6, 6.07) is 17.5. The first kappa shape index (κ1) is 15.6. The van der Waals surface area contributed by atoms with E-state index in [0.717, 1.165) is 25.1 Å². The summed E-state index contributed by atoms with van der Waals surface area (Å²) in [5.41, 5.74) is 0.715. The summed E-state index contributed by atoms with van der Waals surface area (Å²) in [7, 11) is 0. The smallest absolute Gasteiger partial charge is 0.227 e. The molecule has 1 aliphatic heterocycles. The van der Waals surface area contributed by atoms with E-state index in [9.17, 15) is 4.79 Å². The highest BCUT2D eigenvalue weighted by Gasteiger charge is 2.25. The molecule has 0 unspecified atom stereocenters. The molecule has 0 aliphatic carbocycles. The zero-order valence-electron chi connectivity index (χ0n) is 13.3. The van der Waals surface area contributed by atoms with Gasteiger partial charge in [0, 0.05) is 12.0 Å². The summed E-state index contributed by atoms with van der Waals surface area (Å²) in [5, 5.41) is 6.40. The Hall–Kier alpha value is -2.33. The van der Waals surface area contributed by atoms with Crippen LogP contribution in [0.4, 0.5) is 5.69 Å². The van der Waals surface area contributed by atoms with E-state index in [1.807, 2.05) is 54.6 Å². The quantitative estimate of drug-likeness (QED) is 0.903. The minimum Gasteiger partial charge on any atom is -0.455 e. The molecule has 1 saturated heterocycles. The molecular formula is C19H22N2O2. The molecule has 4 nitrogen and oxygen atoms in total. The molecule has 4 heteroatoms. The Bertz CT molecular complexity index is 657. The van der Waals surface area contributed by atoms with Crippen LogP contribution in [0.3, 0.4) is 0 Å². The van der Waals surface area contributed by atoms with Gasteiger partial charge in [0.2, 0.25) is 5.91 Å². The van der Waals surface area contributed by atoms with Crippen molar-refractivity contribution >= 4 is 11.6 Å². The number of benzene rings is 2. The number of carbonyl (C=O) groups excluding carboxylic acids is 1. The summed E-state index contributed by atoms with van der Waals surface area (Å²) in [6.07, 6.45) is 1.74. The molecule has 0 radical (unpaired) electrons. The number of ether oxygens (including phenoxy) is 1. The predicted octanol–water partition coefficient (Wildman–Crippen LogP) is 3.81. The zero-order chi connectivity index (χ0) is 16.1. The number of amides is 1. The SMILES string of the molecule is C[C@H]1C[C@@H](C(=O)Nc2ccccc2Oc2ccccc2)CCN1. The van der Waals surface area contributed by atoms with Crippen molar-refractivity contribution in [3.8, 4) is 11.5 Å². The first-order chi connectivity index (χ1) is 11.2. The van der Waals surface area contributed by atoms with Crippen LogP contribution in [0, 0.1) is 5.92 Å².